The van der Waals surface area contributed by atoms with Crippen LogP contribution in [0.3, 0.4) is 0 Å². The van der Waals surface area contributed by atoms with Crippen LogP contribution in [0.1, 0.15) is 59.1 Å². The SMILES string of the molecule is CCOC(=O)c1nn(C)c2c1CCN(CC1(S(=O)(=O)C3CC(O[SH-]#P)C3)CC1)C2=O. The van der Waals surface area contributed by atoms with Crippen LogP contribution < -0.4 is 0 Å². The van der Waals surface area contributed by atoms with Crippen LogP contribution in [0.15, 0.2) is 0 Å². The van der Waals surface area contributed by atoms with Crippen molar-refractivity contribution in [2.75, 3.05) is 19.7 Å². The van der Waals surface area contributed by atoms with Crippen LogP contribution in [-0.4, -0.2) is 70.8 Å². The summed E-state index contributed by atoms with van der Waals surface area (Å²) < 4.78 is 37.4. The van der Waals surface area contributed by atoms with E-state index in [1.165, 1.54) is 4.68 Å². The molecule has 1 aromatic heterocycles. The van der Waals surface area contributed by atoms with Gasteiger partial charge in [0, 0.05) is 7.05 Å². The number of fused-ring (bicyclic) bond motifs is 1. The first-order chi connectivity index (χ1) is 14.2. The molecular weight excluding hydrogens is 449 g/mol. The molecule has 166 valence electrons. The number of amides is 1. The number of esters is 1. The van der Waals surface area contributed by atoms with Crippen molar-refractivity contribution in [3.63, 3.8) is 0 Å². The molecule has 2 fully saturated rings. The van der Waals surface area contributed by atoms with E-state index in [4.69, 9.17) is 8.92 Å². The van der Waals surface area contributed by atoms with Gasteiger partial charge in [-0.15, -0.1) is 0 Å². The third-order valence-electron chi connectivity index (χ3n) is 6.31. The monoisotopic (exact) mass is 474 g/mol. The van der Waals surface area contributed by atoms with E-state index in [2.05, 4.69) is 12.9 Å². The summed E-state index contributed by atoms with van der Waals surface area (Å²) in [6.07, 6.45) is 2.49. The summed E-state index contributed by atoms with van der Waals surface area (Å²) in [6, 6.07) is 0. The van der Waals surface area contributed by atoms with Crippen LogP contribution in [0, 0.1) is 0 Å². The molecule has 4 rings (SSSR count). The van der Waals surface area contributed by atoms with Crippen molar-refractivity contribution in [1.82, 2.24) is 14.7 Å². The van der Waals surface area contributed by atoms with Gasteiger partial charge in [-0.2, -0.15) is 5.10 Å². The minimum absolute atomic E-state index is 0.0605. The standard InChI is InChI=1S/C18H25N3O6PS2/c1-3-26-17(23)14-13-4-7-21(16(22)15(13)20(2)19-14)10-18(5-6-18)30(24,25)12-8-11(9-12)27-29-28/h11-12,29H,3-10H2,1-2H3/q-1. The normalized spacial score (nSPS) is 24.8. The zero-order valence-electron chi connectivity index (χ0n) is 16.9. The molecule has 2 saturated carbocycles. The molecule has 1 aromatic rings. The third-order valence-corrected chi connectivity index (χ3v) is 9.99. The maximum absolute atomic E-state index is 13.2. The quantitative estimate of drug-likeness (QED) is 0.252. The molecule has 0 bridgehead atoms. The summed E-state index contributed by atoms with van der Waals surface area (Å²) in [7, 11) is 2.24. The zero-order valence-corrected chi connectivity index (χ0v) is 19.5. The number of aryl methyl sites for hydroxylation is 1. The Balaban J connectivity index is 1.51. The van der Waals surface area contributed by atoms with Crippen molar-refractivity contribution in [1.29, 1.82) is 0 Å². The predicted octanol–water partition coefficient (Wildman–Crippen LogP) is 1.15. The molecule has 1 amide bonds. The van der Waals surface area contributed by atoms with E-state index in [0.717, 1.165) is 0 Å². The average molecular weight is 475 g/mol. The van der Waals surface area contributed by atoms with Crippen molar-refractivity contribution in [2.45, 2.75) is 55.1 Å². The van der Waals surface area contributed by atoms with Crippen LogP contribution in [-0.2, 0) is 43.2 Å². The molecule has 2 heterocycles. The zero-order chi connectivity index (χ0) is 21.7. The molecule has 0 unspecified atom stereocenters. The molecule has 3 aliphatic rings. The van der Waals surface area contributed by atoms with E-state index in [9.17, 15) is 18.0 Å². The Bertz CT molecular complexity index is 1040. The summed E-state index contributed by atoms with van der Waals surface area (Å²) >= 11 is 0.508. The van der Waals surface area contributed by atoms with Gasteiger partial charge in [0.05, 0.1) is 6.61 Å². The number of rotatable bonds is 7. The molecule has 0 aromatic carbocycles. The first kappa shape index (κ1) is 22.0. The molecule has 1 aliphatic heterocycles. The second-order valence-electron chi connectivity index (χ2n) is 8.13. The van der Waals surface area contributed by atoms with Crippen LogP contribution >= 0.6 is 7.81 Å². The van der Waals surface area contributed by atoms with Crippen molar-refractivity contribution in [2.24, 2.45) is 7.05 Å². The van der Waals surface area contributed by atoms with Gasteiger partial charge in [-0.05, 0) is 6.92 Å². The first-order valence-corrected chi connectivity index (χ1v) is 13.5. The molecule has 0 spiro atoms. The Morgan fingerprint density at radius 1 is 1.37 bits per heavy atom. The van der Waals surface area contributed by atoms with Gasteiger partial charge in [0.15, 0.2) is 5.69 Å². The molecule has 9 nitrogen and oxygen atoms in total. The Morgan fingerprint density at radius 3 is 2.67 bits per heavy atom. The molecule has 0 saturated heterocycles. The third kappa shape index (κ3) is 3.57. The minimum atomic E-state index is -3.37. The van der Waals surface area contributed by atoms with E-state index in [1.54, 1.807) is 18.9 Å². The number of nitrogens with zero attached hydrogens (tertiary/aromatic N) is 3. The maximum atomic E-state index is 13.2. The average Bonchev–Trinajstić information content (AvgIpc) is 3.37. The number of hydrogen-bond acceptors (Lipinski definition) is 8. The number of carbonyl (C=O) groups is 2. The Morgan fingerprint density at radius 2 is 2.07 bits per heavy atom. The summed E-state index contributed by atoms with van der Waals surface area (Å²) in [5.41, 5.74) is 1.08. The Kier molecular flexibility index (Phi) is 5.93. The summed E-state index contributed by atoms with van der Waals surface area (Å²) in [5.74, 6) is -0.828. The first-order valence-electron chi connectivity index (χ1n) is 10.00. The molecule has 2 aliphatic carbocycles. The fourth-order valence-corrected chi connectivity index (χ4v) is 7.74. The van der Waals surface area contributed by atoms with Gasteiger partial charge >= 0.3 is 140 Å². The summed E-state index contributed by atoms with van der Waals surface area (Å²) in [5, 5.41) is 3.77. The van der Waals surface area contributed by atoms with Crippen molar-refractivity contribution in [3.05, 3.63) is 17.0 Å². The van der Waals surface area contributed by atoms with Crippen LogP contribution in [0.5, 0.6) is 0 Å². The Hall–Kier alpha value is -1.16. The number of ether oxygens (including phenoxy) is 1. The van der Waals surface area contributed by atoms with Crippen molar-refractivity contribution >= 4 is 40.5 Å². The van der Waals surface area contributed by atoms with E-state index in [0.29, 0.717) is 60.9 Å². The molecule has 0 radical (unpaired) electrons. The number of aromatic nitrogens is 2. The molecule has 30 heavy (non-hydrogen) atoms. The van der Waals surface area contributed by atoms with Gasteiger partial charge in [-0.3, -0.25) is 0 Å². The molecule has 0 N–H and O–H groups in total. The van der Waals surface area contributed by atoms with Gasteiger partial charge < -0.3 is 4.74 Å². The van der Waals surface area contributed by atoms with Crippen LogP contribution in [0.25, 0.3) is 0 Å². The Labute approximate surface area is 181 Å². The number of hydrogen-bond donors (Lipinski definition) is 0. The second kappa shape index (κ2) is 8.07. The number of sulfone groups is 1. The van der Waals surface area contributed by atoms with Crippen LogP contribution in [0.2, 0.25) is 0 Å². The van der Waals surface area contributed by atoms with Crippen LogP contribution in [0.4, 0.5) is 0 Å². The fourth-order valence-electron chi connectivity index (χ4n) is 4.38. The van der Waals surface area contributed by atoms with Gasteiger partial charge in [-0.25, -0.2) is 4.79 Å². The number of thiol groups is 1. The van der Waals surface area contributed by atoms with Gasteiger partial charge in [0.25, 0.3) is 0 Å². The molecule has 0 atom stereocenters. The van der Waals surface area contributed by atoms with E-state index < -0.39 is 25.8 Å². The predicted molar refractivity (Wildman–Crippen MR) is 113 cm³/mol. The topological polar surface area (TPSA) is 108 Å². The molecule has 12 heteroatoms. The fraction of sp³-hybridized carbons (Fsp3) is 0.722. The summed E-state index contributed by atoms with van der Waals surface area (Å²) in [6.45, 7) is 2.48. The summed E-state index contributed by atoms with van der Waals surface area (Å²) in [4.78, 5) is 26.9. The van der Waals surface area contributed by atoms with Gasteiger partial charge in [0.1, 0.15) is 0 Å². The van der Waals surface area contributed by atoms with Crippen molar-refractivity contribution in [3.8, 4) is 0 Å². The van der Waals surface area contributed by atoms with Gasteiger partial charge in [0.2, 0.25) is 0 Å². The van der Waals surface area contributed by atoms with E-state index in [1.807, 2.05) is 0 Å². The van der Waals surface area contributed by atoms with E-state index in [-0.39, 0.29) is 30.9 Å². The number of carbonyl (C=O) groups excluding carboxylic acids is 2. The second-order valence-corrected chi connectivity index (χ2v) is 11.6. The van der Waals surface area contributed by atoms with Gasteiger partial charge in [-0.1, -0.05) is 0 Å². The van der Waals surface area contributed by atoms with Crippen molar-refractivity contribution < 1.29 is 26.9 Å². The van der Waals surface area contributed by atoms with E-state index >= 15 is 0 Å². The molecular formula is C18H25N3O6PS2-.